The van der Waals surface area contributed by atoms with Gasteiger partial charge in [0.2, 0.25) is 5.88 Å². The van der Waals surface area contributed by atoms with Crippen molar-refractivity contribution >= 4 is 28.0 Å². The van der Waals surface area contributed by atoms with Crippen molar-refractivity contribution in [2.24, 2.45) is 0 Å². The van der Waals surface area contributed by atoms with Crippen LogP contribution in [0.25, 0.3) is 10.9 Å². The molecule has 2 aromatic carbocycles. The van der Waals surface area contributed by atoms with Crippen LogP contribution in [0.4, 0.5) is 17.1 Å². The van der Waals surface area contributed by atoms with E-state index in [0.717, 1.165) is 10.9 Å². The standard InChI is InChI=1S/C10H9NO.C6H3N3O7/c1-12-10-7-6-8-4-2-3-5-9(8)11-10;10-6-4(8(13)14)1-3(7(11)12)2-5(6)9(15)16/h2-7H,1H3;1-2,10H. The van der Waals surface area contributed by atoms with Crippen LogP contribution in [0, 0.1) is 30.3 Å². The quantitative estimate of drug-likeness (QED) is 0.519. The molecule has 0 unspecified atom stereocenters. The van der Waals surface area contributed by atoms with Crippen molar-refractivity contribution in [2.75, 3.05) is 7.11 Å². The molecule has 0 amide bonds. The predicted octanol–water partition coefficient (Wildman–Crippen LogP) is 3.36. The topological polar surface area (TPSA) is 172 Å². The number of phenolic OH excluding ortho intramolecular Hbond substituents is 1. The Bertz CT molecular complexity index is 1030. The fourth-order valence-corrected chi connectivity index (χ4v) is 2.13. The van der Waals surface area contributed by atoms with Gasteiger partial charge < -0.3 is 9.84 Å². The number of pyridine rings is 1. The number of benzene rings is 2. The molecule has 0 aliphatic heterocycles. The molecule has 144 valence electrons. The second kappa shape index (κ2) is 8.35. The first kappa shape index (κ1) is 20.0. The number of hydrogen-bond donors (Lipinski definition) is 1. The van der Waals surface area contributed by atoms with Crippen LogP contribution in [0.5, 0.6) is 11.6 Å². The summed E-state index contributed by atoms with van der Waals surface area (Å²) in [5.41, 5.74) is -2.03. The Morgan fingerprint density at radius 3 is 1.96 bits per heavy atom. The third kappa shape index (κ3) is 4.43. The van der Waals surface area contributed by atoms with Crippen molar-refractivity contribution in [1.29, 1.82) is 0 Å². The van der Waals surface area contributed by atoms with Crippen LogP contribution in [0.2, 0.25) is 0 Å². The SMILES string of the molecule is COc1ccc2ccccc2n1.O=[N+]([O-])c1cc([N+](=O)[O-])c(O)c([N+](=O)[O-])c1. The number of aromatic hydroxyl groups is 1. The summed E-state index contributed by atoms with van der Waals surface area (Å²) in [4.78, 5) is 32.0. The zero-order chi connectivity index (χ0) is 20.8. The molecule has 0 bridgehead atoms. The summed E-state index contributed by atoms with van der Waals surface area (Å²) in [6.07, 6.45) is 0. The molecule has 0 saturated carbocycles. The van der Waals surface area contributed by atoms with Gasteiger partial charge in [-0.25, -0.2) is 4.98 Å². The Balaban J connectivity index is 0.000000207. The summed E-state index contributed by atoms with van der Waals surface area (Å²) >= 11 is 0. The summed E-state index contributed by atoms with van der Waals surface area (Å²) in [5, 5.41) is 41.4. The van der Waals surface area contributed by atoms with Crippen LogP contribution in [0.1, 0.15) is 0 Å². The molecule has 1 N–H and O–H groups in total. The smallest absolute Gasteiger partial charge is 0.324 e. The number of fused-ring (bicyclic) bond motifs is 1. The molecule has 12 nitrogen and oxygen atoms in total. The second-order valence-corrected chi connectivity index (χ2v) is 5.15. The Kier molecular flexibility index (Phi) is 5.96. The molecule has 0 saturated heterocycles. The van der Waals surface area contributed by atoms with E-state index in [9.17, 15) is 30.3 Å². The number of aromatic nitrogens is 1. The highest BCUT2D eigenvalue weighted by atomic mass is 16.6. The lowest BCUT2D eigenvalue weighted by atomic mass is 10.2. The molecule has 0 atom stereocenters. The van der Waals surface area contributed by atoms with E-state index in [1.165, 1.54) is 0 Å². The Morgan fingerprint density at radius 1 is 0.893 bits per heavy atom. The summed E-state index contributed by atoms with van der Waals surface area (Å²) < 4.78 is 5.01. The summed E-state index contributed by atoms with van der Waals surface area (Å²) in [6.45, 7) is 0. The number of ether oxygens (including phenoxy) is 1. The molecule has 28 heavy (non-hydrogen) atoms. The van der Waals surface area contributed by atoms with Gasteiger partial charge in [-0.05, 0) is 12.1 Å². The molecule has 0 aliphatic carbocycles. The third-order valence-electron chi connectivity index (χ3n) is 3.44. The lowest BCUT2D eigenvalue weighted by Gasteiger charge is -1.99. The maximum absolute atomic E-state index is 10.4. The number of nitro groups is 3. The number of non-ortho nitro benzene ring substituents is 1. The molecule has 1 aromatic heterocycles. The molecule has 12 heteroatoms. The van der Waals surface area contributed by atoms with Crippen LogP contribution in [0.3, 0.4) is 0 Å². The number of para-hydroxylation sites is 1. The summed E-state index contributed by atoms with van der Waals surface area (Å²) in [5.74, 6) is -0.547. The minimum Gasteiger partial charge on any atom is -0.497 e. The van der Waals surface area contributed by atoms with Gasteiger partial charge in [0.1, 0.15) is 0 Å². The third-order valence-corrected chi connectivity index (χ3v) is 3.44. The van der Waals surface area contributed by atoms with Crippen molar-refractivity contribution in [1.82, 2.24) is 4.98 Å². The molecule has 3 rings (SSSR count). The van der Waals surface area contributed by atoms with E-state index < -0.39 is 37.6 Å². The van der Waals surface area contributed by atoms with E-state index >= 15 is 0 Å². The molecule has 0 aliphatic rings. The number of methoxy groups -OCH3 is 1. The molecule has 1 heterocycles. The van der Waals surface area contributed by atoms with Crippen molar-refractivity contribution in [3.05, 3.63) is 78.9 Å². The van der Waals surface area contributed by atoms with E-state index in [1.807, 2.05) is 36.4 Å². The van der Waals surface area contributed by atoms with Gasteiger partial charge in [0.25, 0.3) is 11.4 Å². The molecule has 0 spiro atoms. The minimum atomic E-state index is -1.21. The van der Waals surface area contributed by atoms with Crippen LogP contribution in [-0.4, -0.2) is 32.0 Å². The van der Waals surface area contributed by atoms with E-state index in [0.29, 0.717) is 18.0 Å². The predicted molar refractivity (Wildman–Crippen MR) is 96.4 cm³/mol. The summed E-state index contributed by atoms with van der Waals surface area (Å²) in [7, 11) is 1.62. The van der Waals surface area contributed by atoms with Crippen LogP contribution in [-0.2, 0) is 0 Å². The monoisotopic (exact) mass is 388 g/mol. The number of hydrogen-bond acceptors (Lipinski definition) is 9. The maximum atomic E-state index is 10.4. The highest BCUT2D eigenvalue weighted by Crippen LogP contribution is 2.38. The second-order valence-electron chi connectivity index (χ2n) is 5.15. The van der Waals surface area contributed by atoms with Gasteiger partial charge >= 0.3 is 11.4 Å². The number of nitro benzene ring substituents is 3. The molecular formula is C16H12N4O8. The largest absolute Gasteiger partial charge is 0.497 e. The van der Waals surface area contributed by atoms with Gasteiger partial charge in [0, 0.05) is 11.5 Å². The number of phenols is 1. The van der Waals surface area contributed by atoms with Crippen LogP contribution >= 0.6 is 0 Å². The minimum absolute atomic E-state index is 0.447. The highest BCUT2D eigenvalue weighted by Gasteiger charge is 2.30. The first-order valence-corrected chi connectivity index (χ1v) is 7.44. The van der Waals surface area contributed by atoms with Gasteiger partial charge in [-0.1, -0.05) is 18.2 Å². The first-order valence-electron chi connectivity index (χ1n) is 7.44. The fraction of sp³-hybridized carbons (Fsp3) is 0.0625. The van der Waals surface area contributed by atoms with Crippen molar-refractivity contribution < 1.29 is 24.6 Å². The van der Waals surface area contributed by atoms with E-state index in [2.05, 4.69) is 4.98 Å². The van der Waals surface area contributed by atoms with Gasteiger partial charge in [-0.15, -0.1) is 0 Å². The van der Waals surface area contributed by atoms with Gasteiger partial charge in [0.15, 0.2) is 0 Å². The zero-order valence-electron chi connectivity index (χ0n) is 14.2. The highest BCUT2D eigenvalue weighted by molar-refractivity contribution is 5.78. The maximum Gasteiger partial charge on any atom is 0.324 e. The Morgan fingerprint density at radius 2 is 1.46 bits per heavy atom. The molecule has 3 aromatic rings. The van der Waals surface area contributed by atoms with E-state index in [1.54, 1.807) is 7.11 Å². The van der Waals surface area contributed by atoms with Gasteiger partial charge in [-0.2, -0.15) is 0 Å². The lowest BCUT2D eigenvalue weighted by Crippen LogP contribution is -1.97. The average Bonchev–Trinajstić information content (AvgIpc) is 2.67. The molecule has 0 radical (unpaired) electrons. The van der Waals surface area contributed by atoms with Crippen molar-refractivity contribution in [3.8, 4) is 11.6 Å². The normalized spacial score (nSPS) is 9.89. The van der Waals surface area contributed by atoms with Crippen LogP contribution < -0.4 is 4.74 Å². The fourth-order valence-electron chi connectivity index (χ4n) is 2.13. The lowest BCUT2D eigenvalue weighted by molar-refractivity contribution is -0.404. The van der Waals surface area contributed by atoms with E-state index in [4.69, 9.17) is 9.84 Å². The van der Waals surface area contributed by atoms with Gasteiger partial charge in [-0.3, -0.25) is 30.3 Å². The number of rotatable bonds is 4. The number of nitrogens with zero attached hydrogens (tertiary/aromatic N) is 4. The molecule has 0 fully saturated rings. The van der Waals surface area contributed by atoms with Crippen molar-refractivity contribution in [3.63, 3.8) is 0 Å². The zero-order valence-corrected chi connectivity index (χ0v) is 14.2. The molecular weight excluding hydrogens is 376 g/mol. The van der Waals surface area contributed by atoms with Crippen LogP contribution in [0.15, 0.2) is 48.5 Å². The van der Waals surface area contributed by atoms with Gasteiger partial charge in [0.05, 0.1) is 39.5 Å². The first-order chi connectivity index (χ1) is 13.2. The Hall–Kier alpha value is -4.35. The van der Waals surface area contributed by atoms with E-state index in [-0.39, 0.29) is 0 Å². The average molecular weight is 388 g/mol. The van der Waals surface area contributed by atoms with Crippen molar-refractivity contribution in [2.45, 2.75) is 0 Å². The summed E-state index contributed by atoms with van der Waals surface area (Å²) in [6, 6.07) is 12.7. The Labute approximate surface area is 156 Å².